The van der Waals surface area contributed by atoms with Gasteiger partial charge in [0.1, 0.15) is 17.7 Å². The van der Waals surface area contributed by atoms with Crippen LogP contribution in [0.25, 0.3) is 0 Å². The van der Waals surface area contributed by atoms with Crippen LogP contribution < -0.4 is 10.6 Å². The average Bonchev–Trinajstić information content (AvgIpc) is 2.82. The lowest BCUT2D eigenvalue weighted by Crippen LogP contribution is -2.53. The number of carbonyl (C=O) groups is 3. The number of thiol groups is 1. The van der Waals surface area contributed by atoms with Crippen LogP contribution in [0.15, 0.2) is 48.5 Å². The van der Waals surface area contributed by atoms with Gasteiger partial charge in [0.2, 0.25) is 5.91 Å². The van der Waals surface area contributed by atoms with Crippen molar-refractivity contribution in [3.05, 3.63) is 65.2 Å². The molecule has 0 saturated heterocycles. The lowest BCUT2D eigenvalue weighted by molar-refractivity contribution is -0.140. The molecular weight excluding hydrogens is 478 g/mol. The number of ether oxygens (including phenoxy) is 1. The SMILES string of the molecule is C#Cc1ccc(C(C(=O)Nc2ccccc2C)N(CCO)C(=O)C(CS)NC(=O)OC(C)(C)C)cc1. The number of hydrogen-bond acceptors (Lipinski definition) is 6. The van der Waals surface area contributed by atoms with E-state index in [1.165, 1.54) is 4.90 Å². The Bertz CT molecular complexity index is 1110. The number of rotatable bonds is 9. The highest BCUT2D eigenvalue weighted by Crippen LogP contribution is 2.26. The van der Waals surface area contributed by atoms with E-state index in [4.69, 9.17) is 11.2 Å². The van der Waals surface area contributed by atoms with Gasteiger partial charge in [0.25, 0.3) is 5.91 Å². The van der Waals surface area contributed by atoms with E-state index in [0.717, 1.165) is 5.56 Å². The monoisotopic (exact) mass is 511 g/mol. The van der Waals surface area contributed by atoms with Crippen LogP contribution in [0.1, 0.15) is 43.5 Å². The second-order valence-corrected chi connectivity index (χ2v) is 9.47. The lowest BCUT2D eigenvalue weighted by atomic mass is 10.0. The molecule has 3 amide bonds. The maximum Gasteiger partial charge on any atom is 0.408 e. The molecular formula is C27H33N3O5S. The highest BCUT2D eigenvalue weighted by Gasteiger charge is 2.35. The number of aliphatic hydroxyl groups is 1. The summed E-state index contributed by atoms with van der Waals surface area (Å²) in [5.41, 5.74) is 1.75. The molecule has 0 aliphatic carbocycles. The fraction of sp³-hybridized carbons (Fsp3) is 0.370. The lowest BCUT2D eigenvalue weighted by Gasteiger charge is -2.34. The summed E-state index contributed by atoms with van der Waals surface area (Å²) >= 11 is 4.23. The van der Waals surface area contributed by atoms with Crippen molar-refractivity contribution >= 4 is 36.2 Å². The Kier molecular flexibility index (Phi) is 10.4. The smallest absolute Gasteiger partial charge is 0.408 e. The van der Waals surface area contributed by atoms with Crippen molar-refractivity contribution < 1.29 is 24.2 Å². The van der Waals surface area contributed by atoms with Crippen molar-refractivity contribution in [1.82, 2.24) is 10.2 Å². The van der Waals surface area contributed by atoms with Gasteiger partial charge in [0, 0.05) is 23.5 Å². The van der Waals surface area contributed by atoms with E-state index in [-0.39, 0.29) is 12.3 Å². The molecule has 2 unspecified atom stereocenters. The summed E-state index contributed by atoms with van der Waals surface area (Å²) < 4.78 is 5.27. The van der Waals surface area contributed by atoms with Crippen molar-refractivity contribution in [2.45, 2.75) is 45.4 Å². The molecule has 36 heavy (non-hydrogen) atoms. The zero-order valence-electron chi connectivity index (χ0n) is 20.9. The summed E-state index contributed by atoms with van der Waals surface area (Å²) in [6.45, 7) is 6.39. The third kappa shape index (κ3) is 8.04. The molecule has 0 aliphatic heterocycles. The van der Waals surface area contributed by atoms with E-state index in [9.17, 15) is 19.5 Å². The fourth-order valence-corrected chi connectivity index (χ4v) is 3.71. The van der Waals surface area contributed by atoms with Gasteiger partial charge in [-0.3, -0.25) is 9.59 Å². The van der Waals surface area contributed by atoms with Crippen LogP contribution in [0.2, 0.25) is 0 Å². The van der Waals surface area contributed by atoms with Gasteiger partial charge in [-0.25, -0.2) is 4.79 Å². The third-order valence-electron chi connectivity index (χ3n) is 5.15. The normalized spacial score (nSPS) is 12.6. The first-order valence-corrected chi connectivity index (χ1v) is 12.1. The Labute approximate surface area is 217 Å². The second-order valence-electron chi connectivity index (χ2n) is 9.11. The van der Waals surface area contributed by atoms with Crippen LogP contribution in [0.3, 0.4) is 0 Å². The van der Waals surface area contributed by atoms with Crippen molar-refractivity contribution in [1.29, 1.82) is 0 Å². The number of anilines is 1. The number of aliphatic hydroxyl groups excluding tert-OH is 1. The number of amides is 3. The van der Waals surface area contributed by atoms with Gasteiger partial charge in [-0.2, -0.15) is 12.6 Å². The Morgan fingerprint density at radius 3 is 2.31 bits per heavy atom. The van der Waals surface area contributed by atoms with Gasteiger partial charge in [0.15, 0.2) is 0 Å². The Morgan fingerprint density at radius 2 is 1.78 bits per heavy atom. The van der Waals surface area contributed by atoms with Crippen LogP contribution in [-0.4, -0.2) is 58.5 Å². The molecule has 0 radical (unpaired) electrons. The van der Waals surface area contributed by atoms with Crippen molar-refractivity contribution in [2.75, 3.05) is 24.2 Å². The molecule has 0 heterocycles. The number of alkyl carbamates (subject to hydrolysis) is 1. The number of benzene rings is 2. The summed E-state index contributed by atoms with van der Waals surface area (Å²) in [6.07, 6.45) is 4.68. The topological polar surface area (TPSA) is 108 Å². The van der Waals surface area contributed by atoms with E-state index < -0.39 is 42.2 Å². The molecule has 2 aromatic rings. The second kappa shape index (κ2) is 13.0. The number of nitrogens with zero attached hydrogens (tertiary/aromatic N) is 1. The summed E-state index contributed by atoms with van der Waals surface area (Å²) in [7, 11) is 0. The van der Waals surface area contributed by atoms with Gasteiger partial charge in [-0.15, -0.1) is 6.42 Å². The first-order chi connectivity index (χ1) is 17.0. The summed E-state index contributed by atoms with van der Waals surface area (Å²) in [6, 6.07) is 11.7. The fourth-order valence-electron chi connectivity index (χ4n) is 3.46. The van der Waals surface area contributed by atoms with E-state index in [0.29, 0.717) is 16.8 Å². The first kappa shape index (κ1) is 28.8. The molecule has 0 fully saturated rings. The van der Waals surface area contributed by atoms with Crippen LogP contribution in [-0.2, 0) is 14.3 Å². The maximum atomic E-state index is 13.6. The van der Waals surface area contributed by atoms with E-state index in [2.05, 4.69) is 29.2 Å². The summed E-state index contributed by atoms with van der Waals surface area (Å²) in [4.78, 5) is 40.8. The Balaban J connectivity index is 2.46. The number of terminal acetylenes is 1. The largest absolute Gasteiger partial charge is 0.444 e. The van der Waals surface area contributed by atoms with Crippen molar-refractivity contribution in [3.63, 3.8) is 0 Å². The van der Waals surface area contributed by atoms with Crippen LogP contribution in [0.4, 0.5) is 10.5 Å². The Morgan fingerprint density at radius 1 is 1.14 bits per heavy atom. The molecule has 9 heteroatoms. The summed E-state index contributed by atoms with van der Waals surface area (Å²) in [5, 5.41) is 15.2. The van der Waals surface area contributed by atoms with E-state index in [1.54, 1.807) is 57.2 Å². The van der Waals surface area contributed by atoms with Crippen LogP contribution in [0, 0.1) is 19.3 Å². The molecule has 2 atom stereocenters. The highest BCUT2D eigenvalue weighted by molar-refractivity contribution is 7.80. The van der Waals surface area contributed by atoms with Crippen LogP contribution >= 0.6 is 12.6 Å². The zero-order valence-corrected chi connectivity index (χ0v) is 21.8. The van der Waals surface area contributed by atoms with E-state index in [1.807, 2.05) is 19.1 Å². The minimum Gasteiger partial charge on any atom is -0.444 e. The number of aryl methyl sites for hydroxylation is 1. The predicted molar refractivity (Wildman–Crippen MR) is 143 cm³/mol. The molecule has 0 aromatic heterocycles. The number of nitrogens with one attached hydrogen (secondary N) is 2. The van der Waals surface area contributed by atoms with Crippen molar-refractivity contribution in [3.8, 4) is 12.3 Å². The standard InChI is InChI=1S/C27H33N3O5S/c1-6-19-11-13-20(14-12-19)23(24(32)28-21-10-8-7-9-18(21)2)30(15-16-31)25(33)22(17-36)29-26(34)35-27(3,4)5/h1,7-14,22-23,31,36H,15-17H2,2-5H3,(H,28,32)(H,29,34). The van der Waals surface area contributed by atoms with Gasteiger partial charge in [-0.05, 0) is 57.0 Å². The quantitative estimate of drug-likeness (QED) is 0.305. The first-order valence-electron chi connectivity index (χ1n) is 11.5. The molecule has 2 rings (SSSR count). The van der Waals surface area contributed by atoms with Crippen molar-refractivity contribution in [2.24, 2.45) is 0 Å². The zero-order chi connectivity index (χ0) is 26.9. The van der Waals surface area contributed by atoms with Gasteiger partial charge < -0.3 is 25.4 Å². The number of carbonyl (C=O) groups excluding carboxylic acids is 3. The molecule has 2 aromatic carbocycles. The predicted octanol–water partition coefficient (Wildman–Crippen LogP) is 3.30. The highest BCUT2D eigenvalue weighted by atomic mass is 32.1. The number of hydrogen-bond donors (Lipinski definition) is 4. The molecule has 192 valence electrons. The summed E-state index contributed by atoms with van der Waals surface area (Å²) in [5.74, 6) is 1.38. The van der Waals surface area contributed by atoms with Crippen LogP contribution in [0.5, 0.6) is 0 Å². The van der Waals surface area contributed by atoms with Gasteiger partial charge in [0.05, 0.1) is 6.61 Å². The minimum atomic E-state index is -1.13. The molecule has 0 spiro atoms. The molecule has 8 nitrogen and oxygen atoms in total. The Hall–Kier alpha value is -3.48. The molecule has 0 bridgehead atoms. The maximum absolute atomic E-state index is 13.6. The average molecular weight is 512 g/mol. The molecule has 0 aliphatic rings. The van der Waals surface area contributed by atoms with Gasteiger partial charge in [-0.1, -0.05) is 36.3 Å². The van der Waals surface area contributed by atoms with E-state index >= 15 is 0 Å². The molecule has 3 N–H and O–H groups in total. The minimum absolute atomic E-state index is 0.0534. The third-order valence-corrected chi connectivity index (χ3v) is 5.52. The number of para-hydroxylation sites is 1. The molecule has 0 saturated carbocycles. The van der Waals surface area contributed by atoms with Gasteiger partial charge >= 0.3 is 6.09 Å².